The Morgan fingerprint density at radius 3 is 2.48 bits per heavy atom. The first-order chi connectivity index (χ1) is 12.9. The molecule has 0 saturated carbocycles. The molecule has 0 N–H and O–H groups in total. The molecule has 0 bridgehead atoms. The first-order valence-corrected chi connectivity index (χ1v) is 11.0. The summed E-state index contributed by atoms with van der Waals surface area (Å²) in [5.74, 6) is -0.229. The fourth-order valence-corrected chi connectivity index (χ4v) is 4.59. The summed E-state index contributed by atoms with van der Waals surface area (Å²) in [6, 6.07) is 2.97. The second-order valence-electron chi connectivity index (χ2n) is 7.34. The average molecular weight is 407 g/mol. The highest BCUT2D eigenvalue weighted by Gasteiger charge is 2.38. The maximum absolute atomic E-state index is 14.6. The SMILES string of the molecule is CCCCSc1ccc(CCC2CCC(CCC)OC2)c(C(F)(F)F)c1F. The number of benzene rings is 1. The van der Waals surface area contributed by atoms with E-state index in [1.54, 1.807) is 0 Å². The fraction of sp³-hybridized carbons (Fsp3) is 0.714. The van der Waals surface area contributed by atoms with E-state index in [-0.39, 0.29) is 28.9 Å². The molecule has 1 nitrogen and oxygen atoms in total. The van der Waals surface area contributed by atoms with Gasteiger partial charge in [-0.3, -0.25) is 0 Å². The molecule has 1 aliphatic rings. The molecule has 6 heteroatoms. The lowest BCUT2D eigenvalue weighted by molar-refractivity contribution is -0.140. The van der Waals surface area contributed by atoms with Crippen LogP contribution in [0.25, 0.3) is 0 Å². The van der Waals surface area contributed by atoms with Crippen LogP contribution in [0, 0.1) is 11.7 Å². The maximum atomic E-state index is 14.6. The Labute approximate surface area is 164 Å². The molecule has 0 aliphatic carbocycles. The predicted molar refractivity (Wildman–Crippen MR) is 103 cm³/mol. The zero-order valence-corrected chi connectivity index (χ0v) is 17.0. The van der Waals surface area contributed by atoms with Crippen LogP contribution in [0.3, 0.4) is 0 Å². The number of alkyl halides is 3. The van der Waals surface area contributed by atoms with Crippen molar-refractivity contribution in [3.8, 4) is 0 Å². The van der Waals surface area contributed by atoms with Gasteiger partial charge in [-0.25, -0.2) is 4.39 Å². The van der Waals surface area contributed by atoms with Gasteiger partial charge in [-0.05, 0) is 61.8 Å². The average Bonchev–Trinajstić information content (AvgIpc) is 2.62. The normalized spacial score (nSPS) is 20.8. The third kappa shape index (κ3) is 6.67. The van der Waals surface area contributed by atoms with Crippen molar-refractivity contribution in [2.45, 2.75) is 82.4 Å². The Morgan fingerprint density at radius 2 is 1.89 bits per heavy atom. The summed E-state index contributed by atoms with van der Waals surface area (Å²) in [6.07, 6.45) is 2.28. The lowest BCUT2D eigenvalue weighted by Crippen LogP contribution is -2.26. The van der Waals surface area contributed by atoms with Gasteiger partial charge in [0, 0.05) is 11.5 Å². The van der Waals surface area contributed by atoms with E-state index >= 15 is 0 Å². The number of thioether (sulfide) groups is 1. The van der Waals surface area contributed by atoms with Crippen molar-refractivity contribution in [3.63, 3.8) is 0 Å². The summed E-state index contributed by atoms with van der Waals surface area (Å²) < 4.78 is 60.9. The number of hydrogen-bond acceptors (Lipinski definition) is 2. The molecule has 1 aromatic carbocycles. The molecule has 0 radical (unpaired) electrons. The molecule has 1 heterocycles. The van der Waals surface area contributed by atoms with Crippen molar-refractivity contribution in [1.82, 2.24) is 0 Å². The van der Waals surface area contributed by atoms with Crippen LogP contribution >= 0.6 is 11.8 Å². The molecule has 0 spiro atoms. The Kier molecular flexibility index (Phi) is 8.93. The van der Waals surface area contributed by atoms with Crippen LogP contribution in [0.15, 0.2) is 17.0 Å². The van der Waals surface area contributed by atoms with E-state index in [1.165, 1.54) is 23.9 Å². The van der Waals surface area contributed by atoms with Crippen LogP contribution in [-0.4, -0.2) is 18.5 Å². The van der Waals surface area contributed by atoms with Crippen molar-refractivity contribution in [3.05, 3.63) is 29.1 Å². The minimum Gasteiger partial charge on any atom is -0.378 e. The maximum Gasteiger partial charge on any atom is 0.419 e. The molecule has 0 aromatic heterocycles. The van der Waals surface area contributed by atoms with Crippen LogP contribution in [0.2, 0.25) is 0 Å². The molecule has 1 aromatic rings. The molecule has 0 amide bonds. The van der Waals surface area contributed by atoms with Crippen LogP contribution in [0.5, 0.6) is 0 Å². The van der Waals surface area contributed by atoms with Gasteiger partial charge in [-0.15, -0.1) is 11.8 Å². The van der Waals surface area contributed by atoms with Crippen molar-refractivity contribution in [1.29, 1.82) is 0 Å². The first kappa shape index (κ1) is 22.5. The number of ether oxygens (including phenoxy) is 1. The highest BCUT2D eigenvalue weighted by molar-refractivity contribution is 7.99. The van der Waals surface area contributed by atoms with Crippen LogP contribution < -0.4 is 0 Å². The smallest absolute Gasteiger partial charge is 0.378 e. The van der Waals surface area contributed by atoms with Crippen molar-refractivity contribution >= 4 is 11.8 Å². The van der Waals surface area contributed by atoms with Gasteiger partial charge in [0.15, 0.2) is 0 Å². The zero-order valence-electron chi connectivity index (χ0n) is 16.2. The molecular weight excluding hydrogens is 376 g/mol. The minimum absolute atomic E-state index is 0.0653. The number of rotatable bonds is 9. The molecular formula is C21H30F4OS. The second-order valence-corrected chi connectivity index (χ2v) is 8.47. The summed E-state index contributed by atoms with van der Waals surface area (Å²) in [6.45, 7) is 4.72. The zero-order chi connectivity index (χ0) is 19.9. The summed E-state index contributed by atoms with van der Waals surface area (Å²) >= 11 is 1.17. The summed E-state index contributed by atoms with van der Waals surface area (Å²) in [5, 5.41) is 0. The van der Waals surface area contributed by atoms with Gasteiger partial charge in [0.05, 0.1) is 11.7 Å². The lowest BCUT2D eigenvalue weighted by Gasteiger charge is -2.29. The quantitative estimate of drug-likeness (QED) is 0.242. The highest BCUT2D eigenvalue weighted by atomic mass is 32.2. The molecule has 1 saturated heterocycles. The predicted octanol–water partition coefficient (Wildman–Crippen LogP) is 7.26. The van der Waals surface area contributed by atoms with Crippen molar-refractivity contribution < 1.29 is 22.3 Å². The van der Waals surface area contributed by atoms with Gasteiger partial charge in [0.2, 0.25) is 0 Å². The number of halogens is 4. The topological polar surface area (TPSA) is 9.23 Å². The molecule has 2 unspecified atom stereocenters. The second kappa shape index (κ2) is 10.7. The third-order valence-corrected chi connectivity index (χ3v) is 6.25. The number of unbranched alkanes of at least 4 members (excludes halogenated alkanes) is 1. The Bertz CT molecular complexity index is 580. The monoisotopic (exact) mass is 406 g/mol. The summed E-state index contributed by atoms with van der Waals surface area (Å²) in [5.41, 5.74) is -1.01. The summed E-state index contributed by atoms with van der Waals surface area (Å²) in [4.78, 5) is 0.0999. The van der Waals surface area contributed by atoms with Gasteiger partial charge in [-0.1, -0.05) is 32.8 Å². The van der Waals surface area contributed by atoms with E-state index in [1.807, 2.05) is 6.92 Å². The van der Waals surface area contributed by atoms with E-state index in [9.17, 15) is 17.6 Å². The Hall–Kier alpha value is -0.750. The van der Waals surface area contributed by atoms with E-state index in [0.717, 1.165) is 38.5 Å². The Morgan fingerprint density at radius 1 is 1.11 bits per heavy atom. The molecule has 2 atom stereocenters. The third-order valence-electron chi connectivity index (χ3n) is 5.13. The molecule has 2 rings (SSSR count). The molecule has 27 heavy (non-hydrogen) atoms. The fourth-order valence-electron chi connectivity index (χ4n) is 3.55. The van der Waals surface area contributed by atoms with Gasteiger partial charge >= 0.3 is 6.18 Å². The van der Waals surface area contributed by atoms with Gasteiger partial charge in [0.1, 0.15) is 5.82 Å². The van der Waals surface area contributed by atoms with Gasteiger partial charge in [0.25, 0.3) is 0 Å². The van der Waals surface area contributed by atoms with Crippen molar-refractivity contribution in [2.24, 2.45) is 5.92 Å². The Balaban J connectivity index is 2.04. The van der Waals surface area contributed by atoms with Gasteiger partial charge < -0.3 is 4.74 Å². The first-order valence-electron chi connectivity index (χ1n) is 9.99. The van der Waals surface area contributed by atoms with Crippen LogP contribution in [0.4, 0.5) is 17.6 Å². The molecule has 154 valence electrons. The molecule has 1 aliphatic heterocycles. The van der Waals surface area contributed by atoms with E-state index in [2.05, 4.69) is 6.92 Å². The summed E-state index contributed by atoms with van der Waals surface area (Å²) in [7, 11) is 0. The van der Waals surface area contributed by atoms with Crippen LogP contribution in [-0.2, 0) is 17.3 Å². The highest BCUT2D eigenvalue weighted by Crippen LogP contribution is 2.39. The lowest BCUT2D eigenvalue weighted by atomic mass is 9.90. The van der Waals surface area contributed by atoms with E-state index < -0.39 is 17.6 Å². The standard InChI is InChI=1S/C21H30F4OS/c1-3-5-13-27-18-12-10-16(19(20(18)22)21(23,24)25)9-7-15-8-11-17(6-4-2)26-14-15/h10,12,15,17H,3-9,11,13-14H2,1-2H3. The van der Waals surface area contributed by atoms with Crippen molar-refractivity contribution in [2.75, 3.05) is 12.4 Å². The number of hydrogen-bond donors (Lipinski definition) is 0. The minimum atomic E-state index is -4.67. The van der Waals surface area contributed by atoms with E-state index in [0.29, 0.717) is 18.8 Å². The number of aryl methyl sites for hydroxylation is 1. The van der Waals surface area contributed by atoms with E-state index in [4.69, 9.17) is 4.74 Å². The van der Waals surface area contributed by atoms with Gasteiger partial charge in [-0.2, -0.15) is 13.2 Å². The van der Waals surface area contributed by atoms with Crippen LogP contribution in [0.1, 0.15) is 69.9 Å². The largest absolute Gasteiger partial charge is 0.419 e. The molecule has 1 fully saturated rings.